The van der Waals surface area contributed by atoms with Crippen LogP contribution in [0.1, 0.15) is 34.1 Å². The fraction of sp³-hybridized carbons (Fsp3) is 0.278. The lowest BCUT2D eigenvalue weighted by atomic mass is 10.1. The molecule has 0 unspecified atom stereocenters. The molecular weight excluding hydrogens is 304 g/mol. The van der Waals surface area contributed by atoms with Gasteiger partial charge in [0, 0.05) is 44.4 Å². The van der Waals surface area contributed by atoms with Crippen molar-refractivity contribution >= 4 is 23.2 Å². The summed E-state index contributed by atoms with van der Waals surface area (Å²) in [7, 11) is 3.91. The molecule has 6 nitrogen and oxygen atoms in total. The van der Waals surface area contributed by atoms with Gasteiger partial charge in [0.05, 0.1) is 11.1 Å². The number of carbonyl (C=O) groups excluding carboxylic acids is 2. The van der Waals surface area contributed by atoms with Crippen LogP contribution in [0.2, 0.25) is 0 Å². The van der Waals surface area contributed by atoms with Gasteiger partial charge < -0.3 is 15.5 Å². The van der Waals surface area contributed by atoms with E-state index in [4.69, 9.17) is 0 Å². The fourth-order valence-corrected chi connectivity index (χ4v) is 2.08. The second-order valence-corrected chi connectivity index (χ2v) is 5.61. The van der Waals surface area contributed by atoms with Gasteiger partial charge in [-0.25, -0.2) is 0 Å². The van der Waals surface area contributed by atoms with E-state index in [0.29, 0.717) is 23.4 Å². The van der Waals surface area contributed by atoms with Crippen molar-refractivity contribution in [3.8, 4) is 0 Å². The van der Waals surface area contributed by atoms with Crippen LogP contribution in [0.15, 0.2) is 42.7 Å². The molecule has 0 saturated heterocycles. The second-order valence-electron chi connectivity index (χ2n) is 5.61. The highest BCUT2D eigenvalue weighted by molar-refractivity contribution is 6.05. The molecule has 1 aromatic carbocycles. The molecule has 1 aromatic heterocycles. The number of amides is 2. The van der Waals surface area contributed by atoms with Crippen LogP contribution in [0.3, 0.4) is 0 Å². The van der Waals surface area contributed by atoms with Gasteiger partial charge in [0.25, 0.3) is 11.8 Å². The van der Waals surface area contributed by atoms with Gasteiger partial charge in [-0.05, 0) is 36.8 Å². The van der Waals surface area contributed by atoms with E-state index in [0.717, 1.165) is 12.1 Å². The molecule has 126 valence electrons. The molecule has 0 fully saturated rings. The molecule has 0 radical (unpaired) electrons. The third-order valence-electron chi connectivity index (χ3n) is 3.44. The molecule has 0 spiro atoms. The first kappa shape index (κ1) is 17.5. The van der Waals surface area contributed by atoms with Crippen molar-refractivity contribution in [2.75, 3.05) is 30.9 Å². The minimum absolute atomic E-state index is 0.227. The zero-order valence-electron chi connectivity index (χ0n) is 14.2. The molecule has 1 heterocycles. The number of carbonyl (C=O) groups is 2. The Labute approximate surface area is 141 Å². The number of anilines is 2. The van der Waals surface area contributed by atoms with Gasteiger partial charge in [-0.1, -0.05) is 6.92 Å². The molecule has 6 heteroatoms. The molecule has 24 heavy (non-hydrogen) atoms. The van der Waals surface area contributed by atoms with Crippen molar-refractivity contribution < 1.29 is 9.59 Å². The van der Waals surface area contributed by atoms with E-state index in [1.165, 1.54) is 12.4 Å². The third-order valence-corrected chi connectivity index (χ3v) is 3.44. The van der Waals surface area contributed by atoms with E-state index in [1.807, 2.05) is 50.2 Å². The van der Waals surface area contributed by atoms with Gasteiger partial charge in [0.2, 0.25) is 0 Å². The molecule has 2 N–H and O–H groups in total. The largest absolute Gasteiger partial charge is 0.378 e. The van der Waals surface area contributed by atoms with Crippen molar-refractivity contribution in [3.63, 3.8) is 0 Å². The minimum atomic E-state index is -0.301. The van der Waals surface area contributed by atoms with Crippen molar-refractivity contribution in [1.82, 2.24) is 10.3 Å². The van der Waals surface area contributed by atoms with Gasteiger partial charge in [0.15, 0.2) is 0 Å². The molecule has 0 atom stereocenters. The standard InChI is InChI=1S/C18H22N4O2/c1-4-9-20-17(23)13-10-14(12-19-11-13)18(24)21-15-5-7-16(8-6-15)22(2)3/h5-8,10-12H,4,9H2,1-3H3,(H,20,23)(H,21,24). The maximum absolute atomic E-state index is 12.3. The van der Waals surface area contributed by atoms with Gasteiger partial charge in [-0.2, -0.15) is 0 Å². The number of pyridine rings is 1. The number of nitrogens with zero attached hydrogens (tertiary/aromatic N) is 2. The van der Waals surface area contributed by atoms with Crippen molar-refractivity contribution in [1.29, 1.82) is 0 Å². The summed E-state index contributed by atoms with van der Waals surface area (Å²) in [5.41, 5.74) is 2.45. The van der Waals surface area contributed by atoms with Gasteiger partial charge in [-0.3, -0.25) is 14.6 Å². The Morgan fingerprint density at radius 2 is 1.67 bits per heavy atom. The van der Waals surface area contributed by atoms with Crippen LogP contribution in [0, 0.1) is 0 Å². The Morgan fingerprint density at radius 3 is 2.25 bits per heavy atom. The molecule has 0 bridgehead atoms. The lowest BCUT2D eigenvalue weighted by Crippen LogP contribution is -2.24. The summed E-state index contributed by atoms with van der Waals surface area (Å²) >= 11 is 0. The maximum atomic E-state index is 12.3. The van der Waals surface area contributed by atoms with E-state index in [-0.39, 0.29) is 11.8 Å². The first-order chi connectivity index (χ1) is 11.5. The van der Waals surface area contributed by atoms with Crippen LogP contribution in [0.5, 0.6) is 0 Å². The summed E-state index contributed by atoms with van der Waals surface area (Å²) in [6.45, 7) is 2.57. The highest BCUT2D eigenvalue weighted by Gasteiger charge is 2.11. The summed E-state index contributed by atoms with van der Waals surface area (Å²) < 4.78 is 0. The molecule has 0 aliphatic carbocycles. The van der Waals surface area contributed by atoms with Crippen LogP contribution in [-0.4, -0.2) is 37.4 Å². The number of aromatic nitrogens is 1. The average Bonchev–Trinajstić information content (AvgIpc) is 2.60. The summed E-state index contributed by atoms with van der Waals surface area (Å²) in [5, 5.41) is 5.57. The Balaban J connectivity index is 2.08. The summed E-state index contributed by atoms with van der Waals surface area (Å²) in [6, 6.07) is 9.05. The zero-order chi connectivity index (χ0) is 17.5. The smallest absolute Gasteiger partial charge is 0.257 e. The first-order valence-corrected chi connectivity index (χ1v) is 7.83. The highest BCUT2D eigenvalue weighted by Crippen LogP contribution is 2.16. The van der Waals surface area contributed by atoms with E-state index in [1.54, 1.807) is 6.07 Å². The average molecular weight is 326 g/mol. The maximum Gasteiger partial charge on any atom is 0.257 e. The van der Waals surface area contributed by atoms with Crippen LogP contribution >= 0.6 is 0 Å². The van der Waals surface area contributed by atoms with Gasteiger partial charge in [0.1, 0.15) is 0 Å². The number of hydrogen-bond donors (Lipinski definition) is 2. The number of nitrogens with one attached hydrogen (secondary N) is 2. The van der Waals surface area contributed by atoms with E-state index in [9.17, 15) is 9.59 Å². The lowest BCUT2D eigenvalue weighted by molar-refractivity contribution is 0.0953. The minimum Gasteiger partial charge on any atom is -0.378 e. The Hall–Kier alpha value is -2.89. The van der Waals surface area contributed by atoms with E-state index in [2.05, 4.69) is 15.6 Å². The topological polar surface area (TPSA) is 74.3 Å². The molecule has 2 rings (SSSR count). The van der Waals surface area contributed by atoms with E-state index < -0.39 is 0 Å². The Kier molecular flexibility index (Phi) is 5.89. The van der Waals surface area contributed by atoms with Crippen molar-refractivity contribution in [2.45, 2.75) is 13.3 Å². The van der Waals surface area contributed by atoms with Gasteiger partial charge >= 0.3 is 0 Å². The summed E-state index contributed by atoms with van der Waals surface area (Å²) in [6.07, 6.45) is 3.75. The van der Waals surface area contributed by atoms with Crippen LogP contribution in [0.25, 0.3) is 0 Å². The molecule has 0 aliphatic heterocycles. The first-order valence-electron chi connectivity index (χ1n) is 7.83. The Bertz CT molecular complexity index is 711. The lowest BCUT2D eigenvalue weighted by Gasteiger charge is -2.13. The highest BCUT2D eigenvalue weighted by atomic mass is 16.2. The molecular formula is C18H22N4O2. The van der Waals surface area contributed by atoms with Gasteiger partial charge in [-0.15, -0.1) is 0 Å². The molecule has 0 saturated carbocycles. The number of rotatable bonds is 6. The predicted octanol–water partition coefficient (Wildman–Crippen LogP) is 2.54. The molecule has 0 aliphatic rings. The van der Waals surface area contributed by atoms with Crippen molar-refractivity contribution in [2.24, 2.45) is 0 Å². The van der Waals surface area contributed by atoms with Crippen LogP contribution < -0.4 is 15.5 Å². The second kappa shape index (κ2) is 8.10. The molecule has 2 amide bonds. The zero-order valence-corrected chi connectivity index (χ0v) is 14.2. The summed E-state index contributed by atoms with van der Waals surface area (Å²) in [5.74, 6) is -0.528. The fourth-order valence-electron chi connectivity index (χ4n) is 2.08. The summed E-state index contributed by atoms with van der Waals surface area (Å²) in [4.78, 5) is 30.2. The van der Waals surface area contributed by atoms with E-state index >= 15 is 0 Å². The quantitative estimate of drug-likeness (QED) is 0.855. The third kappa shape index (κ3) is 4.55. The van der Waals surface area contributed by atoms with Crippen LogP contribution in [-0.2, 0) is 0 Å². The monoisotopic (exact) mass is 326 g/mol. The van der Waals surface area contributed by atoms with Crippen LogP contribution in [0.4, 0.5) is 11.4 Å². The van der Waals surface area contributed by atoms with Crippen molar-refractivity contribution in [3.05, 3.63) is 53.9 Å². The number of benzene rings is 1. The normalized spacial score (nSPS) is 10.1. The number of hydrogen-bond acceptors (Lipinski definition) is 4. The SMILES string of the molecule is CCCNC(=O)c1cncc(C(=O)Nc2ccc(N(C)C)cc2)c1. The molecule has 2 aromatic rings. The predicted molar refractivity (Wildman–Crippen MR) is 95.6 cm³/mol. The Morgan fingerprint density at radius 1 is 1.04 bits per heavy atom.